The number of rotatable bonds is 6. The van der Waals surface area contributed by atoms with E-state index in [2.05, 4.69) is 24.4 Å². The van der Waals surface area contributed by atoms with E-state index in [0.29, 0.717) is 11.3 Å². The molecule has 0 aliphatic rings. The molecule has 0 aromatic heterocycles. The molecule has 1 N–H and O–H groups in total. The second-order valence-corrected chi connectivity index (χ2v) is 5.87. The highest BCUT2D eigenvalue weighted by Crippen LogP contribution is 2.29. The van der Waals surface area contributed by atoms with E-state index in [9.17, 15) is 4.39 Å². The van der Waals surface area contributed by atoms with Crippen LogP contribution in [0.3, 0.4) is 0 Å². The second kappa shape index (κ2) is 7.48. The lowest BCUT2D eigenvalue weighted by molar-refractivity contribution is 0.410. The maximum atomic E-state index is 14.2. The molecule has 0 aliphatic heterocycles. The van der Waals surface area contributed by atoms with E-state index in [1.165, 1.54) is 23.6 Å². The van der Waals surface area contributed by atoms with Crippen LogP contribution in [0, 0.1) is 12.7 Å². The number of halogens is 1. The molecule has 0 saturated carbocycles. The van der Waals surface area contributed by atoms with E-state index in [-0.39, 0.29) is 11.9 Å². The van der Waals surface area contributed by atoms with E-state index >= 15 is 0 Å². The van der Waals surface area contributed by atoms with Crippen molar-refractivity contribution in [2.75, 3.05) is 19.9 Å². The summed E-state index contributed by atoms with van der Waals surface area (Å²) in [4.78, 5) is 1.23. The molecule has 2 nitrogen and oxygen atoms in total. The number of benzene rings is 2. The van der Waals surface area contributed by atoms with Crippen molar-refractivity contribution in [2.24, 2.45) is 0 Å². The minimum absolute atomic E-state index is 0.0412. The van der Waals surface area contributed by atoms with Gasteiger partial charge in [0, 0.05) is 28.3 Å². The number of hydrogen-bond acceptors (Lipinski definition) is 3. The van der Waals surface area contributed by atoms with Gasteiger partial charge >= 0.3 is 0 Å². The first-order valence-electron chi connectivity index (χ1n) is 6.85. The average Bonchev–Trinajstić information content (AvgIpc) is 2.50. The summed E-state index contributed by atoms with van der Waals surface area (Å²) < 4.78 is 19.2. The highest BCUT2D eigenvalue weighted by molar-refractivity contribution is 7.99. The van der Waals surface area contributed by atoms with Crippen molar-refractivity contribution in [3.05, 3.63) is 59.4 Å². The molecule has 0 saturated heterocycles. The van der Waals surface area contributed by atoms with Gasteiger partial charge in [-0.2, -0.15) is 0 Å². The zero-order valence-corrected chi connectivity index (χ0v) is 13.3. The molecule has 2 aromatic carbocycles. The number of aryl methyl sites for hydroxylation is 1. The molecule has 0 radical (unpaired) electrons. The number of ether oxygens (including phenoxy) is 1. The SMILES string of the molecule is CNC(CSc1ccccc1C)c1ccc(OC)cc1F. The molecule has 21 heavy (non-hydrogen) atoms. The Bertz CT molecular complexity index is 603. The average molecular weight is 305 g/mol. The van der Waals surface area contributed by atoms with E-state index in [0.717, 1.165) is 5.75 Å². The van der Waals surface area contributed by atoms with Crippen LogP contribution in [-0.4, -0.2) is 19.9 Å². The quantitative estimate of drug-likeness (QED) is 0.808. The Labute approximate surface area is 129 Å². The molecule has 1 atom stereocenters. The fourth-order valence-electron chi connectivity index (χ4n) is 2.14. The summed E-state index contributed by atoms with van der Waals surface area (Å²) in [6.45, 7) is 2.09. The third-order valence-electron chi connectivity index (χ3n) is 3.43. The Morgan fingerprint density at radius 1 is 1.24 bits per heavy atom. The second-order valence-electron chi connectivity index (χ2n) is 4.81. The maximum Gasteiger partial charge on any atom is 0.131 e. The van der Waals surface area contributed by atoms with Crippen LogP contribution in [0.2, 0.25) is 0 Å². The molecule has 0 amide bonds. The lowest BCUT2D eigenvalue weighted by Crippen LogP contribution is -2.20. The summed E-state index contributed by atoms with van der Waals surface area (Å²) in [5.41, 5.74) is 1.91. The summed E-state index contributed by atoms with van der Waals surface area (Å²) in [5.74, 6) is 1.07. The van der Waals surface area contributed by atoms with Crippen LogP contribution in [0.5, 0.6) is 5.75 Å². The number of methoxy groups -OCH3 is 1. The summed E-state index contributed by atoms with van der Waals surface area (Å²) >= 11 is 1.73. The lowest BCUT2D eigenvalue weighted by atomic mass is 10.1. The summed E-state index contributed by atoms with van der Waals surface area (Å²) in [5, 5.41) is 3.18. The first-order chi connectivity index (χ1) is 10.2. The predicted molar refractivity (Wildman–Crippen MR) is 86.7 cm³/mol. The van der Waals surface area contributed by atoms with Crippen molar-refractivity contribution in [1.82, 2.24) is 5.32 Å². The molecule has 0 fully saturated rings. The number of hydrogen-bond donors (Lipinski definition) is 1. The number of thioether (sulfide) groups is 1. The number of nitrogens with one attached hydrogen (secondary N) is 1. The molecule has 0 spiro atoms. The molecule has 0 bridgehead atoms. The third-order valence-corrected chi connectivity index (χ3v) is 4.70. The molecule has 4 heteroatoms. The van der Waals surface area contributed by atoms with Crippen LogP contribution in [0.4, 0.5) is 4.39 Å². The maximum absolute atomic E-state index is 14.2. The topological polar surface area (TPSA) is 21.3 Å². The molecule has 2 aromatic rings. The van der Waals surface area contributed by atoms with Gasteiger partial charge < -0.3 is 10.1 Å². The van der Waals surface area contributed by atoms with Gasteiger partial charge in [-0.25, -0.2) is 4.39 Å². The van der Waals surface area contributed by atoms with Crippen molar-refractivity contribution >= 4 is 11.8 Å². The van der Waals surface area contributed by atoms with Crippen molar-refractivity contribution < 1.29 is 9.13 Å². The van der Waals surface area contributed by atoms with Gasteiger partial charge in [0.2, 0.25) is 0 Å². The first kappa shape index (κ1) is 15.9. The fourth-order valence-corrected chi connectivity index (χ4v) is 3.30. The van der Waals surface area contributed by atoms with Crippen LogP contribution in [0.25, 0.3) is 0 Å². The van der Waals surface area contributed by atoms with Crippen LogP contribution in [0.15, 0.2) is 47.4 Å². The minimum atomic E-state index is -0.237. The Balaban J connectivity index is 2.11. The van der Waals surface area contributed by atoms with E-state index in [4.69, 9.17) is 4.74 Å². The summed E-state index contributed by atoms with van der Waals surface area (Å²) in [6.07, 6.45) is 0. The Hall–Kier alpha value is -1.52. The molecule has 112 valence electrons. The van der Waals surface area contributed by atoms with E-state index < -0.39 is 0 Å². The molecule has 2 rings (SSSR count). The standard InChI is InChI=1S/C17H20FNOS/c1-12-6-4-5-7-17(12)21-11-16(19-2)14-9-8-13(20-3)10-15(14)18/h4-10,16,19H,11H2,1-3H3. The summed E-state index contributed by atoms with van der Waals surface area (Å²) in [7, 11) is 3.39. The summed E-state index contributed by atoms with van der Waals surface area (Å²) in [6, 6.07) is 13.2. The van der Waals surface area contributed by atoms with Gasteiger partial charge in [0.05, 0.1) is 7.11 Å². The van der Waals surface area contributed by atoms with Crippen LogP contribution in [0.1, 0.15) is 17.2 Å². The van der Waals surface area contributed by atoms with Gasteiger partial charge in [-0.3, -0.25) is 0 Å². The van der Waals surface area contributed by atoms with Gasteiger partial charge in [-0.15, -0.1) is 11.8 Å². The van der Waals surface area contributed by atoms with Gasteiger partial charge in [-0.05, 0) is 31.7 Å². The Kier molecular flexibility index (Phi) is 5.65. The first-order valence-corrected chi connectivity index (χ1v) is 7.83. The van der Waals surface area contributed by atoms with Crippen molar-refractivity contribution in [3.8, 4) is 5.75 Å². The minimum Gasteiger partial charge on any atom is -0.497 e. The Morgan fingerprint density at radius 2 is 2.00 bits per heavy atom. The van der Waals surface area contributed by atoms with Crippen molar-refractivity contribution in [2.45, 2.75) is 17.9 Å². The monoisotopic (exact) mass is 305 g/mol. The highest BCUT2D eigenvalue weighted by Gasteiger charge is 2.15. The third kappa shape index (κ3) is 3.99. The normalized spacial score (nSPS) is 12.2. The zero-order chi connectivity index (χ0) is 15.2. The molecular formula is C17H20FNOS. The van der Waals surface area contributed by atoms with Crippen LogP contribution in [-0.2, 0) is 0 Å². The molecule has 1 unspecified atom stereocenters. The van der Waals surface area contributed by atoms with Gasteiger partial charge in [-0.1, -0.05) is 24.3 Å². The Morgan fingerprint density at radius 3 is 2.62 bits per heavy atom. The van der Waals surface area contributed by atoms with Gasteiger partial charge in [0.25, 0.3) is 0 Å². The van der Waals surface area contributed by atoms with Gasteiger partial charge in [0.1, 0.15) is 11.6 Å². The zero-order valence-electron chi connectivity index (χ0n) is 12.5. The molecule has 0 aliphatic carbocycles. The van der Waals surface area contributed by atoms with E-state index in [1.807, 2.05) is 19.2 Å². The largest absolute Gasteiger partial charge is 0.497 e. The van der Waals surface area contributed by atoms with E-state index in [1.54, 1.807) is 23.9 Å². The smallest absolute Gasteiger partial charge is 0.131 e. The van der Waals surface area contributed by atoms with Gasteiger partial charge in [0.15, 0.2) is 0 Å². The highest BCUT2D eigenvalue weighted by atomic mass is 32.2. The van der Waals surface area contributed by atoms with Crippen LogP contribution < -0.4 is 10.1 Å². The molecular weight excluding hydrogens is 285 g/mol. The van der Waals surface area contributed by atoms with Crippen molar-refractivity contribution in [3.63, 3.8) is 0 Å². The molecule has 0 heterocycles. The van der Waals surface area contributed by atoms with Crippen molar-refractivity contribution in [1.29, 1.82) is 0 Å². The lowest BCUT2D eigenvalue weighted by Gasteiger charge is -2.18. The van der Waals surface area contributed by atoms with Crippen LogP contribution >= 0.6 is 11.8 Å². The predicted octanol–water partition coefficient (Wildman–Crippen LogP) is 4.20. The fraction of sp³-hybridized carbons (Fsp3) is 0.294.